The normalized spacial score (nSPS) is 15.9. The second-order valence-corrected chi connectivity index (χ2v) is 11.2. The molecule has 1 atom stereocenters. The first-order valence-electron chi connectivity index (χ1n) is 14.7. The fraction of sp³-hybridized carbons (Fsp3) is 0.469. The van der Waals surface area contributed by atoms with Crippen LogP contribution in [0.2, 0.25) is 0 Å². The SMILES string of the molecule is COc1ccc([C@H](C(=O)NC2CCCC2)N(Cc2cccc(OC)c2)C(=O)Cn2nc(C(F)(F)F)c3c2CCCC3)cc1. The van der Waals surface area contributed by atoms with Crippen molar-refractivity contribution in [2.45, 2.75) is 82.7 Å². The highest BCUT2D eigenvalue weighted by Crippen LogP contribution is 2.36. The van der Waals surface area contributed by atoms with Crippen LogP contribution in [0.15, 0.2) is 48.5 Å². The van der Waals surface area contributed by atoms with E-state index in [2.05, 4.69) is 10.4 Å². The van der Waals surface area contributed by atoms with Crippen LogP contribution in [0.4, 0.5) is 13.2 Å². The summed E-state index contributed by atoms with van der Waals surface area (Å²) < 4.78 is 53.6. The maximum atomic E-state index is 14.2. The van der Waals surface area contributed by atoms with Gasteiger partial charge in [0.1, 0.15) is 24.1 Å². The second-order valence-electron chi connectivity index (χ2n) is 11.2. The Kier molecular flexibility index (Phi) is 9.27. The van der Waals surface area contributed by atoms with Gasteiger partial charge in [0.2, 0.25) is 11.8 Å². The number of halogens is 3. The van der Waals surface area contributed by atoms with E-state index in [9.17, 15) is 22.8 Å². The quantitative estimate of drug-likeness (QED) is 0.327. The van der Waals surface area contributed by atoms with Crippen LogP contribution < -0.4 is 14.8 Å². The minimum Gasteiger partial charge on any atom is -0.497 e. The molecule has 0 radical (unpaired) electrons. The van der Waals surface area contributed by atoms with Crippen molar-refractivity contribution in [3.63, 3.8) is 0 Å². The monoisotopic (exact) mass is 598 g/mol. The van der Waals surface area contributed by atoms with Crippen LogP contribution in [0.5, 0.6) is 11.5 Å². The van der Waals surface area contributed by atoms with Crippen molar-refractivity contribution in [3.8, 4) is 11.5 Å². The Balaban J connectivity index is 1.55. The third-order valence-electron chi connectivity index (χ3n) is 8.31. The molecule has 1 heterocycles. The highest BCUT2D eigenvalue weighted by atomic mass is 19.4. The number of hydrogen-bond acceptors (Lipinski definition) is 5. The van der Waals surface area contributed by atoms with Gasteiger partial charge in [-0.2, -0.15) is 18.3 Å². The highest BCUT2D eigenvalue weighted by Gasteiger charge is 2.40. The summed E-state index contributed by atoms with van der Waals surface area (Å²) in [6, 6.07) is 13.0. The van der Waals surface area contributed by atoms with Crippen LogP contribution in [-0.2, 0) is 41.7 Å². The Labute approximate surface area is 249 Å². The van der Waals surface area contributed by atoms with Crippen LogP contribution in [0.25, 0.3) is 0 Å². The van der Waals surface area contributed by atoms with Crippen molar-refractivity contribution < 1.29 is 32.2 Å². The number of rotatable bonds is 10. The van der Waals surface area contributed by atoms with E-state index in [1.54, 1.807) is 42.5 Å². The second kappa shape index (κ2) is 13.1. The Morgan fingerprint density at radius 2 is 1.70 bits per heavy atom. The Hall–Kier alpha value is -4.02. The van der Waals surface area contributed by atoms with Crippen LogP contribution in [0, 0.1) is 0 Å². The number of nitrogens with one attached hydrogen (secondary N) is 1. The Morgan fingerprint density at radius 1 is 1.00 bits per heavy atom. The molecular weight excluding hydrogens is 561 g/mol. The maximum absolute atomic E-state index is 14.2. The van der Waals surface area contributed by atoms with Gasteiger partial charge in [-0.05, 0) is 73.9 Å². The summed E-state index contributed by atoms with van der Waals surface area (Å²) in [5, 5.41) is 7.04. The fourth-order valence-corrected chi connectivity index (χ4v) is 6.15. The standard InChI is InChI=1S/C32H37F3N4O4/c1-42-24-16-14-22(15-17-24)29(31(41)36-23-9-3-4-10-23)38(19-21-8-7-11-25(18-21)43-2)28(40)20-39-27-13-6-5-12-26(27)30(37-39)32(33,34)35/h7-8,11,14-18,23,29H,3-6,9-10,12-13,19-20H2,1-2H3,(H,36,41)/t29-/m1/s1. The van der Waals surface area contributed by atoms with E-state index in [0.717, 1.165) is 32.1 Å². The zero-order valence-electron chi connectivity index (χ0n) is 24.5. The molecular formula is C32H37F3N4O4. The molecule has 2 aliphatic rings. The average Bonchev–Trinajstić information content (AvgIpc) is 3.65. The molecule has 1 fully saturated rings. The van der Waals surface area contributed by atoms with Crippen molar-refractivity contribution in [1.82, 2.24) is 20.0 Å². The molecule has 0 aliphatic heterocycles. The number of fused-ring (bicyclic) bond motifs is 1. The zero-order chi connectivity index (χ0) is 30.6. The third kappa shape index (κ3) is 6.97. The molecule has 2 aliphatic carbocycles. The van der Waals surface area contributed by atoms with Crippen molar-refractivity contribution in [2.24, 2.45) is 0 Å². The van der Waals surface area contributed by atoms with E-state index < -0.39 is 30.4 Å². The summed E-state index contributed by atoms with van der Waals surface area (Å²) in [5.41, 5.74) is 0.936. The van der Waals surface area contributed by atoms with Crippen LogP contribution >= 0.6 is 0 Å². The van der Waals surface area contributed by atoms with Gasteiger partial charge in [0.05, 0.1) is 14.2 Å². The molecule has 43 heavy (non-hydrogen) atoms. The largest absolute Gasteiger partial charge is 0.497 e. The van der Waals surface area contributed by atoms with E-state index in [4.69, 9.17) is 9.47 Å². The van der Waals surface area contributed by atoms with Crippen LogP contribution in [0.1, 0.15) is 72.6 Å². The van der Waals surface area contributed by atoms with Gasteiger partial charge in [0.25, 0.3) is 0 Å². The highest BCUT2D eigenvalue weighted by molar-refractivity contribution is 5.89. The molecule has 8 nitrogen and oxygen atoms in total. The predicted molar refractivity (Wildman–Crippen MR) is 154 cm³/mol. The van der Waals surface area contributed by atoms with Crippen molar-refractivity contribution in [3.05, 3.63) is 76.6 Å². The van der Waals surface area contributed by atoms with Gasteiger partial charge in [-0.15, -0.1) is 0 Å². The van der Waals surface area contributed by atoms with Crippen LogP contribution in [0.3, 0.4) is 0 Å². The van der Waals surface area contributed by atoms with Gasteiger partial charge >= 0.3 is 6.18 Å². The van der Waals surface area contributed by atoms with Gasteiger partial charge in [0, 0.05) is 23.8 Å². The Morgan fingerprint density at radius 3 is 2.37 bits per heavy atom. The minimum atomic E-state index is -4.62. The van der Waals surface area contributed by atoms with E-state index in [1.165, 1.54) is 23.8 Å². The summed E-state index contributed by atoms with van der Waals surface area (Å²) in [4.78, 5) is 29.7. The summed E-state index contributed by atoms with van der Waals surface area (Å²) in [6.07, 6.45) is 1.13. The lowest BCUT2D eigenvalue weighted by atomic mass is 9.95. The smallest absolute Gasteiger partial charge is 0.435 e. The summed E-state index contributed by atoms with van der Waals surface area (Å²) in [5.74, 6) is 0.311. The van der Waals surface area contributed by atoms with Crippen molar-refractivity contribution in [1.29, 1.82) is 0 Å². The molecule has 1 N–H and O–H groups in total. The van der Waals surface area contributed by atoms with Gasteiger partial charge in [-0.1, -0.05) is 37.1 Å². The summed E-state index contributed by atoms with van der Waals surface area (Å²) in [6.45, 7) is -0.397. The first-order chi connectivity index (χ1) is 20.7. The minimum absolute atomic E-state index is 0.00509. The number of alkyl halides is 3. The van der Waals surface area contributed by atoms with Crippen molar-refractivity contribution >= 4 is 11.8 Å². The molecule has 2 amide bonds. The molecule has 5 rings (SSSR count). The average molecular weight is 599 g/mol. The number of carbonyl (C=O) groups excluding carboxylic acids is 2. The number of benzene rings is 2. The van der Waals surface area contributed by atoms with Gasteiger partial charge in [-0.25, -0.2) is 0 Å². The van der Waals surface area contributed by atoms with E-state index in [-0.39, 0.29) is 30.5 Å². The van der Waals surface area contributed by atoms with E-state index in [0.29, 0.717) is 41.2 Å². The molecule has 0 unspecified atom stereocenters. The lowest BCUT2D eigenvalue weighted by Gasteiger charge is -2.33. The number of carbonyl (C=O) groups is 2. The molecule has 230 valence electrons. The topological polar surface area (TPSA) is 85.7 Å². The molecule has 0 spiro atoms. The number of nitrogens with zero attached hydrogens (tertiary/aromatic N) is 3. The molecule has 1 saturated carbocycles. The van der Waals surface area contributed by atoms with Crippen molar-refractivity contribution in [2.75, 3.05) is 14.2 Å². The fourth-order valence-electron chi connectivity index (χ4n) is 6.15. The lowest BCUT2D eigenvalue weighted by Crippen LogP contribution is -2.46. The number of hydrogen-bond donors (Lipinski definition) is 1. The summed E-state index contributed by atoms with van der Waals surface area (Å²) >= 11 is 0. The van der Waals surface area contributed by atoms with Crippen LogP contribution in [-0.4, -0.2) is 46.8 Å². The number of aromatic nitrogens is 2. The van der Waals surface area contributed by atoms with Gasteiger partial charge in [0.15, 0.2) is 5.69 Å². The van der Waals surface area contributed by atoms with Gasteiger partial charge < -0.3 is 19.7 Å². The Bertz CT molecular complexity index is 1430. The molecule has 2 aromatic carbocycles. The molecule has 0 bridgehead atoms. The molecule has 0 saturated heterocycles. The first-order valence-corrected chi connectivity index (χ1v) is 14.7. The summed E-state index contributed by atoms with van der Waals surface area (Å²) in [7, 11) is 3.08. The first kappa shape index (κ1) is 30.4. The zero-order valence-corrected chi connectivity index (χ0v) is 24.5. The predicted octanol–water partition coefficient (Wildman–Crippen LogP) is 5.63. The van der Waals surface area contributed by atoms with E-state index >= 15 is 0 Å². The molecule has 3 aromatic rings. The maximum Gasteiger partial charge on any atom is 0.435 e. The molecule has 11 heteroatoms. The number of methoxy groups -OCH3 is 2. The lowest BCUT2D eigenvalue weighted by molar-refractivity contribution is -0.144. The van der Waals surface area contributed by atoms with Gasteiger partial charge in [-0.3, -0.25) is 14.3 Å². The number of amides is 2. The molecule has 1 aromatic heterocycles. The van der Waals surface area contributed by atoms with E-state index in [1.807, 2.05) is 6.07 Å². The number of ether oxygens (including phenoxy) is 2. The third-order valence-corrected chi connectivity index (χ3v) is 8.31.